The Morgan fingerprint density at radius 1 is 1.53 bits per heavy atom. The van der Waals surface area contributed by atoms with Crippen LogP contribution in [0.1, 0.15) is 60.3 Å². The van der Waals surface area contributed by atoms with Crippen LogP contribution in [0.2, 0.25) is 0 Å². The van der Waals surface area contributed by atoms with E-state index in [-0.39, 0.29) is 11.2 Å². The first kappa shape index (κ1) is 14.4. The van der Waals surface area contributed by atoms with Crippen LogP contribution in [-0.4, -0.2) is 17.0 Å². The molecule has 2 nitrogen and oxygen atoms in total. The molecule has 1 N–H and O–H groups in total. The number of rotatable bonds is 3. The third-order valence-electron chi connectivity index (χ3n) is 3.93. The highest BCUT2D eigenvalue weighted by atomic mass is 16.3. The van der Waals surface area contributed by atoms with Gasteiger partial charge in [-0.05, 0) is 31.1 Å². The first-order valence-electron chi connectivity index (χ1n) is 6.70. The average Bonchev–Trinajstić information content (AvgIpc) is 2.14. The summed E-state index contributed by atoms with van der Waals surface area (Å²) in [5, 5.41) is 10.2. The van der Waals surface area contributed by atoms with Crippen molar-refractivity contribution in [3.63, 3.8) is 0 Å². The molecule has 0 radical (unpaired) electrons. The van der Waals surface area contributed by atoms with E-state index >= 15 is 0 Å². The first-order chi connectivity index (χ1) is 7.79. The number of carbonyl (C=O) groups is 1. The Hall–Kier alpha value is -0.630. The van der Waals surface area contributed by atoms with Gasteiger partial charge in [-0.15, -0.1) is 0 Å². The van der Waals surface area contributed by atoms with Crippen molar-refractivity contribution in [1.82, 2.24) is 0 Å². The lowest BCUT2D eigenvalue weighted by Gasteiger charge is -2.36. The highest BCUT2D eigenvalue weighted by Crippen LogP contribution is 2.40. The van der Waals surface area contributed by atoms with Crippen LogP contribution in [0.4, 0.5) is 0 Å². The van der Waals surface area contributed by atoms with Crippen molar-refractivity contribution < 1.29 is 9.90 Å². The minimum atomic E-state index is -0.556. The molecule has 0 aromatic carbocycles. The maximum atomic E-state index is 12.2. The van der Waals surface area contributed by atoms with Crippen LogP contribution in [-0.2, 0) is 4.79 Å². The van der Waals surface area contributed by atoms with Gasteiger partial charge in [-0.25, -0.2) is 0 Å². The molecule has 0 spiro atoms. The van der Waals surface area contributed by atoms with Crippen molar-refractivity contribution in [3.05, 3.63) is 11.1 Å². The summed E-state index contributed by atoms with van der Waals surface area (Å²) in [6.45, 7) is 10.5. The van der Waals surface area contributed by atoms with Crippen molar-refractivity contribution in [2.45, 2.75) is 66.4 Å². The number of hydrogen-bond donors (Lipinski definition) is 1. The third kappa shape index (κ3) is 3.41. The van der Waals surface area contributed by atoms with Crippen LogP contribution in [0.3, 0.4) is 0 Å². The van der Waals surface area contributed by atoms with Gasteiger partial charge in [0.1, 0.15) is 0 Å². The molecule has 0 amide bonds. The van der Waals surface area contributed by atoms with Crippen LogP contribution >= 0.6 is 0 Å². The van der Waals surface area contributed by atoms with E-state index in [9.17, 15) is 9.90 Å². The zero-order valence-corrected chi connectivity index (χ0v) is 11.8. The fraction of sp³-hybridized carbons (Fsp3) is 0.800. The number of allylic oxidation sites excluding steroid dienone is 1. The van der Waals surface area contributed by atoms with Crippen LogP contribution in [0.15, 0.2) is 11.1 Å². The molecule has 1 rings (SSSR count). The van der Waals surface area contributed by atoms with E-state index in [0.717, 1.165) is 24.8 Å². The Labute approximate surface area is 105 Å². The topological polar surface area (TPSA) is 37.3 Å². The van der Waals surface area contributed by atoms with Gasteiger partial charge in [0.2, 0.25) is 0 Å². The molecule has 17 heavy (non-hydrogen) atoms. The summed E-state index contributed by atoms with van der Waals surface area (Å²) < 4.78 is 0. The second-order valence-corrected chi connectivity index (χ2v) is 6.28. The normalized spacial score (nSPS) is 33.1. The van der Waals surface area contributed by atoms with Gasteiger partial charge in [-0.3, -0.25) is 4.79 Å². The molecule has 1 fully saturated rings. The fourth-order valence-corrected chi connectivity index (χ4v) is 2.82. The standard InChI is InChI=1S/C15H26O2/c1-6-15(5)8-12(16)14(13(17)9-15)11(4)7-10(2)3/h10,12,16H,6-9H2,1-5H3/b14-11-. The van der Waals surface area contributed by atoms with Crippen LogP contribution in [0.5, 0.6) is 0 Å². The molecular formula is C15H26O2. The maximum Gasteiger partial charge on any atom is 0.161 e. The molecule has 1 saturated carbocycles. The number of Topliss-reactive ketones (excluding diaryl/α,β-unsaturated/α-hetero) is 1. The molecule has 0 aromatic rings. The number of ketones is 1. The molecule has 1 aliphatic rings. The minimum absolute atomic E-state index is 0.0158. The molecule has 0 saturated heterocycles. The van der Waals surface area contributed by atoms with E-state index in [1.54, 1.807) is 0 Å². The maximum absolute atomic E-state index is 12.2. The average molecular weight is 238 g/mol. The van der Waals surface area contributed by atoms with Gasteiger partial charge in [-0.1, -0.05) is 39.7 Å². The molecule has 2 heteroatoms. The molecule has 0 bridgehead atoms. The number of aliphatic hydroxyl groups excluding tert-OH is 1. The monoisotopic (exact) mass is 238 g/mol. The van der Waals surface area contributed by atoms with Crippen LogP contribution in [0.25, 0.3) is 0 Å². The molecular weight excluding hydrogens is 212 g/mol. The molecule has 2 atom stereocenters. The van der Waals surface area contributed by atoms with Crippen molar-refractivity contribution in [2.24, 2.45) is 11.3 Å². The summed E-state index contributed by atoms with van der Waals surface area (Å²) in [6, 6.07) is 0. The summed E-state index contributed by atoms with van der Waals surface area (Å²) in [6.07, 6.45) is 2.61. The summed E-state index contributed by atoms with van der Waals surface area (Å²) in [7, 11) is 0. The molecule has 98 valence electrons. The third-order valence-corrected chi connectivity index (χ3v) is 3.93. The number of carbonyl (C=O) groups excluding carboxylic acids is 1. The molecule has 0 aromatic heterocycles. The Kier molecular flexibility index (Phi) is 4.54. The van der Waals surface area contributed by atoms with Crippen LogP contribution < -0.4 is 0 Å². The summed E-state index contributed by atoms with van der Waals surface area (Å²) in [4.78, 5) is 12.2. The van der Waals surface area contributed by atoms with Crippen molar-refractivity contribution in [2.75, 3.05) is 0 Å². The van der Waals surface area contributed by atoms with Gasteiger partial charge < -0.3 is 5.11 Å². The Morgan fingerprint density at radius 3 is 2.53 bits per heavy atom. The molecule has 1 aliphatic carbocycles. The largest absolute Gasteiger partial charge is 0.388 e. The Bertz CT molecular complexity index is 328. The second-order valence-electron chi connectivity index (χ2n) is 6.28. The van der Waals surface area contributed by atoms with Crippen molar-refractivity contribution >= 4 is 5.78 Å². The van der Waals surface area contributed by atoms with Gasteiger partial charge in [0.15, 0.2) is 5.78 Å². The minimum Gasteiger partial charge on any atom is -0.388 e. The van der Waals surface area contributed by atoms with E-state index in [1.807, 2.05) is 6.92 Å². The summed E-state index contributed by atoms with van der Waals surface area (Å²) in [5.74, 6) is 0.688. The van der Waals surface area contributed by atoms with Gasteiger partial charge >= 0.3 is 0 Å². The highest BCUT2D eigenvalue weighted by molar-refractivity contribution is 5.98. The lowest BCUT2D eigenvalue weighted by atomic mass is 9.69. The van der Waals surface area contributed by atoms with E-state index in [2.05, 4.69) is 27.7 Å². The van der Waals surface area contributed by atoms with Crippen molar-refractivity contribution in [1.29, 1.82) is 0 Å². The SMILES string of the molecule is CCC1(C)CC(=O)/C(=C(/C)CC(C)C)C(O)C1. The van der Waals surface area contributed by atoms with Gasteiger partial charge in [0.05, 0.1) is 6.10 Å². The number of hydrogen-bond acceptors (Lipinski definition) is 2. The Morgan fingerprint density at radius 2 is 2.12 bits per heavy atom. The number of aliphatic hydroxyl groups is 1. The van der Waals surface area contributed by atoms with Crippen molar-refractivity contribution in [3.8, 4) is 0 Å². The quantitative estimate of drug-likeness (QED) is 0.764. The van der Waals surface area contributed by atoms with E-state index < -0.39 is 6.10 Å². The molecule has 0 heterocycles. The predicted molar refractivity (Wildman–Crippen MR) is 70.8 cm³/mol. The van der Waals surface area contributed by atoms with Gasteiger partial charge in [0.25, 0.3) is 0 Å². The summed E-state index contributed by atoms with van der Waals surface area (Å²) in [5.41, 5.74) is 1.76. The summed E-state index contributed by atoms with van der Waals surface area (Å²) >= 11 is 0. The lowest BCUT2D eigenvalue weighted by molar-refractivity contribution is -0.121. The first-order valence-corrected chi connectivity index (χ1v) is 6.70. The fourth-order valence-electron chi connectivity index (χ4n) is 2.82. The predicted octanol–water partition coefficient (Wildman–Crippen LogP) is 3.49. The van der Waals surface area contributed by atoms with E-state index in [4.69, 9.17) is 0 Å². The smallest absolute Gasteiger partial charge is 0.161 e. The highest BCUT2D eigenvalue weighted by Gasteiger charge is 2.38. The van der Waals surface area contributed by atoms with E-state index in [1.165, 1.54) is 0 Å². The van der Waals surface area contributed by atoms with Gasteiger partial charge in [-0.2, -0.15) is 0 Å². The zero-order valence-electron chi connectivity index (χ0n) is 11.8. The van der Waals surface area contributed by atoms with Gasteiger partial charge in [0, 0.05) is 12.0 Å². The zero-order chi connectivity index (χ0) is 13.2. The Balaban J connectivity index is 2.94. The second kappa shape index (κ2) is 5.34. The molecule has 2 unspecified atom stereocenters. The lowest BCUT2D eigenvalue weighted by Crippen LogP contribution is -2.36. The van der Waals surface area contributed by atoms with Crippen LogP contribution in [0, 0.1) is 11.3 Å². The molecule has 0 aliphatic heterocycles. The van der Waals surface area contributed by atoms with E-state index in [0.29, 0.717) is 17.9 Å².